The summed E-state index contributed by atoms with van der Waals surface area (Å²) in [6, 6.07) is 9.95. The third kappa shape index (κ3) is 4.15. The van der Waals surface area contributed by atoms with Crippen LogP contribution < -0.4 is 0 Å². The van der Waals surface area contributed by atoms with Crippen LogP contribution in [0.5, 0.6) is 0 Å². The standard InChI is InChI=1S/C18H17N3O4S/c1-2-20(11-13-5-3-6-15(9-13)21(23)24)17(22)10-14-12-26-18(19-14)16-7-4-8-25-16/h3-9,12H,2,10-11H2,1H3. The van der Waals surface area contributed by atoms with E-state index < -0.39 is 4.92 Å². The van der Waals surface area contributed by atoms with E-state index in [2.05, 4.69) is 4.98 Å². The Morgan fingerprint density at radius 3 is 2.88 bits per heavy atom. The Balaban J connectivity index is 1.67. The minimum Gasteiger partial charge on any atom is -0.462 e. The molecule has 0 unspecified atom stereocenters. The lowest BCUT2D eigenvalue weighted by molar-refractivity contribution is -0.384. The van der Waals surface area contributed by atoms with Gasteiger partial charge in [-0.3, -0.25) is 14.9 Å². The van der Waals surface area contributed by atoms with Gasteiger partial charge in [0.25, 0.3) is 5.69 Å². The van der Waals surface area contributed by atoms with Gasteiger partial charge in [-0.15, -0.1) is 11.3 Å². The molecule has 0 spiro atoms. The van der Waals surface area contributed by atoms with E-state index in [4.69, 9.17) is 4.42 Å². The largest absolute Gasteiger partial charge is 0.462 e. The van der Waals surface area contributed by atoms with Gasteiger partial charge in [-0.1, -0.05) is 12.1 Å². The van der Waals surface area contributed by atoms with Crippen LogP contribution in [0.1, 0.15) is 18.2 Å². The molecule has 26 heavy (non-hydrogen) atoms. The van der Waals surface area contributed by atoms with Crippen LogP contribution in [-0.2, 0) is 17.8 Å². The molecule has 1 aromatic carbocycles. The molecule has 2 heterocycles. The number of amides is 1. The maximum Gasteiger partial charge on any atom is 0.269 e. The van der Waals surface area contributed by atoms with Crippen molar-refractivity contribution in [1.29, 1.82) is 0 Å². The molecular weight excluding hydrogens is 354 g/mol. The number of nitrogens with zero attached hydrogens (tertiary/aromatic N) is 3. The first-order valence-electron chi connectivity index (χ1n) is 8.06. The topological polar surface area (TPSA) is 89.5 Å². The van der Waals surface area contributed by atoms with Gasteiger partial charge < -0.3 is 9.32 Å². The number of non-ortho nitro benzene ring substituents is 1. The van der Waals surface area contributed by atoms with E-state index >= 15 is 0 Å². The number of carbonyl (C=O) groups excluding carboxylic acids is 1. The molecule has 134 valence electrons. The van der Waals surface area contributed by atoms with E-state index in [0.29, 0.717) is 24.5 Å². The number of hydrogen-bond acceptors (Lipinski definition) is 6. The summed E-state index contributed by atoms with van der Waals surface area (Å²) in [7, 11) is 0. The number of furan rings is 1. The number of likely N-dealkylation sites (N-methyl/N-ethyl adjacent to an activating group) is 1. The number of nitro groups is 1. The average Bonchev–Trinajstić information content (AvgIpc) is 3.31. The van der Waals surface area contributed by atoms with Gasteiger partial charge in [0.05, 0.1) is 23.3 Å². The Morgan fingerprint density at radius 1 is 1.35 bits per heavy atom. The normalized spacial score (nSPS) is 10.7. The Morgan fingerprint density at radius 2 is 2.19 bits per heavy atom. The van der Waals surface area contributed by atoms with Crippen molar-refractivity contribution in [2.45, 2.75) is 19.9 Å². The first-order chi connectivity index (χ1) is 12.6. The Kier molecular flexibility index (Phi) is 5.43. The second-order valence-corrected chi connectivity index (χ2v) is 6.49. The first-order valence-corrected chi connectivity index (χ1v) is 8.94. The summed E-state index contributed by atoms with van der Waals surface area (Å²) in [5, 5.41) is 13.5. The van der Waals surface area contributed by atoms with Crippen LogP contribution in [0, 0.1) is 10.1 Å². The number of nitro benzene ring substituents is 1. The van der Waals surface area contributed by atoms with Crippen LogP contribution in [0.25, 0.3) is 10.8 Å². The fourth-order valence-corrected chi connectivity index (χ4v) is 3.32. The summed E-state index contributed by atoms with van der Waals surface area (Å²) in [6.07, 6.45) is 1.76. The predicted octanol–water partition coefficient (Wildman–Crippen LogP) is 3.90. The van der Waals surface area contributed by atoms with E-state index in [1.165, 1.54) is 23.5 Å². The van der Waals surface area contributed by atoms with Gasteiger partial charge in [0.1, 0.15) is 0 Å². The zero-order chi connectivity index (χ0) is 18.5. The van der Waals surface area contributed by atoms with Crippen molar-refractivity contribution in [3.05, 3.63) is 69.4 Å². The van der Waals surface area contributed by atoms with Crippen LogP contribution in [-0.4, -0.2) is 27.3 Å². The second kappa shape index (κ2) is 7.92. The fraction of sp³-hybridized carbons (Fsp3) is 0.222. The number of rotatable bonds is 7. The van der Waals surface area contributed by atoms with Crippen LogP contribution >= 0.6 is 11.3 Å². The Bertz CT molecular complexity index is 905. The third-order valence-corrected chi connectivity index (χ3v) is 4.75. The second-order valence-electron chi connectivity index (χ2n) is 5.63. The van der Waals surface area contributed by atoms with Crippen LogP contribution in [0.3, 0.4) is 0 Å². The molecule has 0 atom stereocenters. The molecule has 1 amide bonds. The van der Waals surface area contributed by atoms with Gasteiger partial charge in [-0.05, 0) is 24.6 Å². The lowest BCUT2D eigenvalue weighted by atomic mass is 10.2. The van der Waals surface area contributed by atoms with Crippen molar-refractivity contribution >= 4 is 22.9 Å². The summed E-state index contributed by atoms with van der Waals surface area (Å²) in [6.45, 7) is 2.72. The number of carbonyl (C=O) groups is 1. The summed E-state index contributed by atoms with van der Waals surface area (Å²) in [4.78, 5) is 29.2. The molecule has 0 N–H and O–H groups in total. The van der Waals surface area contributed by atoms with E-state index in [0.717, 1.165) is 10.6 Å². The van der Waals surface area contributed by atoms with Gasteiger partial charge >= 0.3 is 0 Å². The Labute approximate surface area is 154 Å². The van der Waals surface area contributed by atoms with E-state index in [9.17, 15) is 14.9 Å². The van der Waals surface area contributed by atoms with Gasteiger partial charge in [0, 0.05) is 30.6 Å². The van der Waals surface area contributed by atoms with Crippen molar-refractivity contribution in [3.63, 3.8) is 0 Å². The highest BCUT2D eigenvalue weighted by Crippen LogP contribution is 2.24. The molecule has 8 heteroatoms. The Hall–Kier alpha value is -3.00. The molecule has 0 saturated carbocycles. The molecule has 2 aromatic heterocycles. The fourth-order valence-electron chi connectivity index (χ4n) is 2.53. The van der Waals surface area contributed by atoms with Crippen LogP contribution in [0.4, 0.5) is 5.69 Å². The van der Waals surface area contributed by atoms with Crippen molar-refractivity contribution < 1.29 is 14.1 Å². The molecule has 0 saturated heterocycles. The van der Waals surface area contributed by atoms with Crippen molar-refractivity contribution in [1.82, 2.24) is 9.88 Å². The molecule has 7 nitrogen and oxygen atoms in total. The van der Waals surface area contributed by atoms with Gasteiger partial charge in [-0.2, -0.15) is 0 Å². The predicted molar refractivity (Wildman–Crippen MR) is 97.7 cm³/mol. The van der Waals surface area contributed by atoms with Crippen molar-refractivity contribution in [2.24, 2.45) is 0 Å². The van der Waals surface area contributed by atoms with Gasteiger partial charge in [0.2, 0.25) is 5.91 Å². The maximum absolute atomic E-state index is 12.6. The van der Waals surface area contributed by atoms with Crippen molar-refractivity contribution in [2.75, 3.05) is 6.54 Å². The maximum atomic E-state index is 12.6. The molecule has 0 aliphatic heterocycles. The SMILES string of the molecule is CCN(Cc1cccc([N+](=O)[O-])c1)C(=O)Cc1csc(-c2ccco2)n1. The lowest BCUT2D eigenvalue weighted by Gasteiger charge is -2.20. The molecular formula is C18H17N3O4S. The quantitative estimate of drug-likeness (QED) is 0.464. The highest BCUT2D eigenvalue weighted by Gasteiger charge is 2.17. The smallest absolute Gasteiger partial charge is 0.269 e. The zero-order valence-electron chi connectivity index (χ0n) is 14.1. The summed E-state index contributed by atoms with van der Waals surface area (Å²) in [5.41, 5.74) is 1.43. The molecule has 0 bridgehead atoms. The van der Waals surface area contributed by atoms with E-state index in [-0.39, 0.29) is 18.0 Å². The lowest BCUT2D eigenvalue weighted by Crippen LogP contribution is -2.31. The molecule has 3 rings (SSSR count). The average molecular weight is 371 g/mol. The monoisotopic (exact) mass is 371 g/mol. The van der Waals surface area contributed by atoms with Crippen LogP contribution in [0.15, 0.2) is 52.5 Å². The van der Waals surface area contributed by atoms with E-state index in [1.54, 1.807) is 29.4 Å². The van der Waals surface area contributed by atoms with Gasteiger partial charge in [0.15, 0.2) is 10.8 Å². The zero-order valence-corrected chi connectivity index (χ0v) is 14.9. The van der Waals surface area contributed by atoms with Gasteiger partial charge in [-0.25, -0.2) is 4.98 Å². The summed E-state index contributed by atoms with van der Waals surface area (Å²) < 4.78 is 5.31. The number of aromatic nitrogens is 1. The number of benzene rings is 1. The van der Waals surface area contributed by atoms with Crippen molar-refractivity contribution in [3.8, 4) is 10.8 Å². The first kappa shape index (κ1) is 17.8. The minimum absolute atomic E-state index is 0.0218. The van der Waals surface area contributed by atoms with Crippen LogP contribution in [0.2, 0.25) is 0 Å². The third-order valence-electron chi connectivity index (χ3n) is 3.85. The highest BCUT2D eigenvalue weighted by atomic mass is 32.1. The summed E-state index contributed by atoms with van der Waals surface area (Å²) >= 11 is 1.43. The molecule has 0 aliphatic carbocycles. The highest BCUT2D eigenvalue weighted by molar-refractivity contribution is 7.13. The number of thiazole rings is 1. The minimum atomic E-state index is -0.437. The molecule has 0 radical (unpaired) electrons. The number of hydrogen-bond donors (Lipinski definition) is 0. The molecule has 0 aliphatic rings. The molecule has 0 fully saturated rings. The molecule has 3 aromatic rings. The van der Waals surface area contributed by atoms with E-state index in [1.807, 2.05) is 18.4 Å². The summed E-state index contributed by atoms with van der Waals surface area (Å²) in [5.74, 6) is 0.605.